The number of halogens is 3. The molecule has 2 rings (SSSR count). The Balaban J connectivity index is 1.98. The Morgan fingerprint density at radius 3 is 2.55 bits per heavy atom. The molecule has 9 heteroatoms. The third-order valence-electron chi connectivity index (χ3n) is 3.50. The normalized spacial score (nSPS) is 18.9. The molecule has 1 aliphatic rings. The minimum atomic E-state index is -4.22. The van der Waals surface area contributed by atoms with Crippen molar-refractivity contribution in [1.82, 2.24) is 4.90 Å². The van der Waals surface area contributed by atoms with Crippen LogP contribution in [0.5, 0.6) is 0 Å². The van der Waals surface area contributed by atoms with Crippen LogP contribution < -0.4 is 5.32 Å². The third kappa shape index (κ3) is 4.06. The van der Waals surface area contributed by atoms with Gasteiger partial charge in [0.15, 0.2) is 5.11 Å². The highest BCUT2D eigenvalue weighted by Gasteiger charge is 2.42. The molecule has 1 fully saturated rings. The summed E-state index contributed by atoms with van der Waals surface area (Å²) in [6, 6.07) is 5.55. The van der Waals surface area contributed by atoms with Crippen LogP contribution >= 0.6 is 12.2 Å². The molecule has 0 aromatic heterocycles. The van der Waals surface area contributed by atoms with Crippen molar-refractivity contribution in [3.63, 3.8) is 0 Å². The van der Waals surface area contributed by atoms with Crippen molar-refractivity contribution < 1.29 is 18.1 Å². The third-order valence-corrected chi connectivity index (χ3v) is 3.86. The number of likely N-dealkylation sites (tertiary alicyclic amines) is 1. The van der Waals surface area contributed by atoms with Gasteiger partial charge in [-0.3, -0.25) is 10.1 Å². The maximum Gasteiger partial charge on any atom is 0.393 e. The second-order valence-electron chi connectivity index (χ2n) is 5.06. The second kappa shape index (κ2) is 6.47. The lowest BCUT2D eigenvalue weighted by Gasteiger charge is -2.35. The molecule has 1 unspecified atom stereocenters. The molecule has 1 aromatic carbocycles. The first-order valence-corrected chi connectivity index (χ1v) is 7.05. The van der Waals surface area contributed by atoms with E-state index in [-0.39, 0.29) is 23.8 Å². The molecular weight excluding hydrogens is 319 g/mol. The van der Waals surface area contributed by atoms with E-state index >= 15 is 0 Å². The highest BCUT2D eigenvalue weighted by atomic mass is 32.1. The summed E-state index contributed by atoms with van der Waals surface area (Å²) in [7, 11) is 0. The number of hydrogen-bond acceptors (Lipinski definition) is 3. The number of nitrogens with one attached hydrogen (secondary N) is 1. The molecule has 120 valence electrons. The van der Waals surface area contributed by atoms with Gasteiger partial charge in [-0.1, -0.05) is 0 Å². The summed E-state index contributed by atoms with van der Waals surface area (Å²) in [6.07, 6.45) is -3.69. The number of nitrogens with zero attached hydrogens (tertiary/aromatic N) is 2. The van der Waals surface area contributed by atoms with E-state index in [4.69, 9.17) is 12.2 Å². The minimum absolute atomic E-state index is 0.0634. The SMILES string of the molecule is O=[N+]([O-])c1ccc(NC(=S)N2CCCC(C(F)(F)F)C2)cc1. The van der Waals surface area contributed by atoms with E-state index in [1.165, 1.54) is 29.2 Å². The summed E-state index contributed by atoms with van der Waals surface area (Å²) in [4.78, 5) is 11.5. The molecule has 1 saturated heterocycles. The number of rotatable bonds is 2. The number of anilines is 1. The van der Waals surface area contributed by atoms with Gasteiger partial charge in [0.1, 0.15) is 0 Å². The summed E-state index contributed by atoms with van der Waals surface area (Å²) in [5.41, 5.74) is 0.441. The highest BCUT2D eigenvalue weighted by Crippen LogP contribution is 2.33. The van der Waals surface area contributed by atoms with Gasteiger partial charge in [0.25, 0.3) is 5.69 Å². The number of benzene rings is 1. The maximum atomic E-state index is 12.8. The zero-order valence-corrected chi connectivity index (χ0v) is 12.3. The van der Waals surface area contributed by atoms with Crippen molar-refractivity contribution in [2.75, 3.05) is 18.4 Å². The molecule has 0 radical (unpaired) electrons. The Morgan fingerprint density at radius 2 is 2.00 bits per heavy atom. The first-order chi connectivity index (χ1) is 10.3. The van der Waals surface area contributed by atoms with Crippen LogP contribution in [-0.4, -0.2) is 34.2 Å². The van der Waals surface area contributed by atoms with E-state index in [1.54, 1.807) is 0 Å². The van der Waals surface area contributed by atoms with Crippen LogP contribution in [0.4, 0.5) is 24.5 Å². The van der Waals surface area contributed by atoms with Crippen molar-refractivity contribution in [1.29, 1.82) is 0 Å². The number of nitro benzene ring substituents is 1. The number of thiocarbonyl (C=S) groups is 1. The summed E-state index contributed by atoms with van der Waals surface area (Å²) >= 11 is 5.13. The number of piperidine rings is 1. The largest absolute Gasteiger partial charge is 0.393 e. The number of alkyl halides is 3. The quantitative estimate of drug-likeness (QED) is 0.509. The molecule has 1 N–H and O–H groups in total. The van der Waals surface area contributed by atoms with E-state index in [1.807, 2.05) is 0 Å². The van der Waals surface area contributed by atoms with E-state index in [9.17, 15) is 23.3 Å². The lowest BCUT2D eigenvalue weighted by molar-refractivity contribution is -0.384. The Hall–Kier alpha value is -1.90. The van der Waals surface area contributed by atoms with Gasteiger partial charge in [0.05, 0.1) is 10.8 Å². The lowest BCUT2D eigenvalue weighted by Crippen LogP contribution is -2.46. The molecule has 22 heavy (non-hydrogen) atoms. The molecule has 0 aliphatic carbocycles. The Kier molecular flexibility index (Phi) is 4.84. The second-order valence-corrected chi connectivity index (χ2v) is 5.45. The summed E-state index contributed by atoms with van der Waals surface area (Å²) in [5, 5.41) is 13.6. The van der Waals surface area contributed by atoms with Gasteiger partial charge in [-0.05, 0) is 37.2 Å². The molecule has 0 amide bonds. The zero-order chi connectivity index (χ0) is 16.3. The summed E-state index contributed by atoms with van der Waals surface area (Å²) < 4.78 is 38.3. The van der Waals surface area contributed by atoms with Crippen LogP contribution in [-0.2, 0) is 0 Å². The van der Waals surface area contributed by atoms with Gasteiger partial charge in [0.2, 0.25) is 0 Å². The lowest BCUT2D eigenvalue weighted by atomic mass is 9.98. The topological polar surface area (TPSA) is 58.4 Å². The van der Waals surface area contributed by atoms with Gasteiger partial charge < -0.3 is 10.2 Å². The molecule has 1 aromatic rings. The average molecular weight is 333 g/mol. The van der Waals surface area contributed by atoms with Crippen LogP contribution in [0.15, 0.2) is 24.3 Å². The Morgan fingerprint density at radius 1 is 1.36 bits per heavy atom. The molecule has 0 spiro atoms. The standard InChI is InChI=1S/C13H14F3N3O2S/c14-13(15,16)9-2-1-7-18(8-9)12(22)17-10-3-5-11(6-4-10)19(20)21/h3-6,9H,1-2,7-8H2,(H,17,22). The number of nitro groups is 1. The highest BCUT2D eigenvalue weighted by molar-refractivity contribution is 7.80. The fraction of sp³-hybridized carbons (Fsp3) is 0.462. The van der Waals surface area contributed by atoms with Gasteiger partial charge >= 0.3 is 6.18 Å². The Bertz CT molecular complexity index is 563. The Labute approximate surface area is 130 Å². The molecule has 0 bridgehead atoms. The number of non-ortho nitro benzene ring substituents is 1. The van der Waals surface area contributed by atoms with Crippen molar-refractivity contribution in [2.24, 2.45) is 5.92 Å². The van der Waals surface area contributed by atoms with E-state index in [0.29, 0.717) is 18.7 Å². The molecule has 1 atom stereocenters. The first kappa shape index (κ1) is 16.5. The van der Waals surface area contributed by atoms with Gasteiger partial charge in [-0.15, -0.1) is 0 Å². The predicted octanol–water partition coefficient (Wildman–Crippen LogP) is 3.57. The first-order valence-electron chi connectivity index (χ1n) is 6.64. The van der Waals surface area contributed by atoms with Crippen LogP contribution in [0, 0.1) is 16.0 Å². The molecular formula is C13H14F3N3O2S. The van der Waals surface area contributed by atoms with Crippen molar-refractivity contribution in [3.05, 3.63) is 34.4 Å². The average Bonchev–Trinajstić information content (AvgIpc) is 2.47. The van der Waals surface area contributed by atoms with E-state index in [0.717, 1.165) is 0 Å². The fourth-order valence-electron chi connectivity index (χ4n) is 2.30. The summed E-state index contributed by atoms with van der Waals surface area (Å²) in [5.74, 6) is -1.38. The predicted molar refractivity (Wildman–Crippen MR) is 79.7 cm³/mol. The molecule has 1 aliphatic heterocycles. The van der Waals surface area contributed by atoms with Crippen molar-refractivity contribution in [3.8, 4) is 0 Å². The molecule has 0 saturated carbocycles. The number of hydrogen-bond donors (Lipinski definition) is 1. The van der Waals surface area contributed by atoms with Crippen molar-refractivity contribution in [2.45, 2.75) is 19.0 Å². The van der Waals surface area contributed by atoms with Gasteiger partial charge in [0, 0.05) is 30.9 Å². The van der Waals surface area contributed by atoms with E-state index < -0.39 is 17.0 Å². The van der Waals surface area contributed by atoms with Crippen LogP contribution in [0.2, 0.25) is 0 Å². The van der Waals surface area contributed by atoms with Crippen molar-refractivity contribution >= 4 is 28.7 Å². The van der Waals surface area contributed by atoms with Crippen LogP contribution in [0.3, 0.4) is 0 Å². The monoisotopic (exact) mass is 333 g/mol. The zero-order valence-electron chi connectivity index (χ0n) is 11.5. The van der Waals surface area contributed by atoms with Gasteiger partial charge in [-0.25, -0.2) is 0 Å². The minimum Gasteiger partial charge on any atom is -0.348 e. The van der Waals surface area contributed by atoms with E-state index in [2.05, 4.69) is 5.32 Å². The molecule has 5 nitrogen and oxygen atoms in total. The molecule has 1 heterocycles. The summed E-state index contributed by atoms with van der Waals surface area (Å²) in [6.45, 7) is 0.299. The van der Waals surface area contributed by atoms with Crippen LogP contribution in [0.1, 0.15) is 12.8 Å². The smallest absolute Gasteiger partial charge is 0.348 e. The fourth-order valence-corrected chi connectivity index (χ4v) is 2.58. The van der Waals surface area contributed by atoms with Gasteiger partial charge in [-0.2, -0.15) is 13.2 Å². The van der Waals surface area contributed by atoms with Crippen LogP contribution in [0.25, 0.3) is 0 Å². The maximum absolute atomic E-state index is 12.8.